The Hall–Kier alpha value is -3.29. The average Bonchev–Trinajstić information content (AvgIpc) is 3.23. The van der Waals surface area contributed by atoms with Gasteiger partial charge in [0.05, 0.1) is 30.2 Å². The van der Waals surface area contributed by atoms with Gasteiger partial charge in [0.1, 0.15) is 0 Å². The molecular formula is C16H14N6O2. The van der Waals surface area contributed by atoms with Gasteiger partial charge in [0, 0.05) is 25.0 Å². The zero-order valence-electron chi connectivity index (χ0n) is 12.7. The molecule has 0 bridgehead atoms. The molecule has 8 heteroatoms. The van der Waals surface area contributed by atoms with Crippen molar-refractivity contribution in [2.75, 3.05) is 6.61 Å². The molecule has 0 aliphatic carbocycles. The summed E-state index contributed by atoms with van der Waals surface area (Å²) in [5.74, 6) is 0.910. The van der Waals surface area contributed by atoms with Crippen LogP contribution in [0, 0.1) is 0 Å². The van der Waals surface area contributed by atoms with Crippen LogP contribution in [0.5, 0.6) is 0 Å². The van der Waals surface area contributed by atoms with E-state index in [0.29, 0.717) is 36.6 Å². The third-order valence-corrected chi connectivity index (χ3v) is 3.59. The molecule has 0 saturated carbocycles. The maximum atomic E-state index is 12.1. The molecule has 0 aliphatic rings. The lowest BCUT2D eigenvalue weighted by Crippen LogP contribution is -2.07. The SMILES string of the molecule is O=C(OCCCc1nc2ncccn2n1)c1ccn2cncc2c1. The highest BCUT2D eigenvalue weighted by Gasteiger charge is 2.09. The van der Waals surface area contributed by atoms with Crippen LogP contribution < -0.4 is 0 Å². The van der Waals surface area contributed by atoms with Crippen molar-refractivity contribution in [1.29, 1.82) is 0 Å². The van der Waals surface area contributed by atoms with E-state index in [4.69, 9.17) is 4.74 Å². The van der Waals surface area contributed by atoms with Crippen LogP contribution >= 0.6 is 0 Å². The molecule has 4 aromatic heterocycles. The summed E-state index contributed by atoms with van der Waals surface area (Å²) < 4.78 is 8.76. The van der Waals surface area contributed by atoms with Crippen molar-refractivity contribution in [1.82, 2.24) is 29.0 Å². The van der Waals surface area contributed by atoms with Crippen LogP contribution in [0.2, 0.25) is 0 Å². The minimum Gasteiger partial charge on any atom is -0.462 e. The van der Waals surface area contributed by atoms with E-state index in [1.165, 1.54) is 0 Å². The molecule has 0 radical (unpaired) electrons. The van der Waals surface area contributed by atoms with Crippen LogP contribution in [0.4, 0.5) is 0 Å². The van der Waals surface area contributed by atoms with Crippen molar-refractivity contribution in [3.63, 3.8) is 0 Å². The number of esters is 1. The van der Waals surface area contributed by atoms with Crippen LogP contribution in [0.25, 0.3) is 11.3 Å². The second-order valence-corrected chi connectivity index (χ2v) is 5.27. The number of hydrogen-bond acceptors (Lipinski definition) is 6. The zero-order valence-corrected chi connectivity index (χ0v) is 12.7. The summed E-state index contributed by atoms with van der Waals surface area (Å²) in [6, 6.07) is 5.27. The molecule has 4 heterocycles. The molecule has 0 fully saturated rings. The normalized spacial score (nSPS) is 11.2. The van der Waals surface area contributed by atoms with Gasteiger partial charge in [-0.15, -0.1) is 5.10 Å². The number of carbonyl (C=O) groups is 1. The van der Waals surface area contributed by atoms with Crippen LogP contribution in [0.15, 0.2) is 49.3 Å². The summed E-state index contributed by atoms with van der Waals surface area (Å²) in [7, 11) is 0. The van der Waals surface area contributed by atoms with Gasteiger partial charge in [-0.05, 0) is 24.6 Å². The van der Waals surface area contributed by atoms with Crippen LogP contribution in [0.3, 0.4) is 0 Å². The quantitative estimate of drug-likeness (QED) is 0.409. The van der Waals surface area contributed by atoms with Gasteiger partial charge in [0.15, 0.2) is 5.82 Å². The van der Waals surface area contributed by atoms with E-state index in [9.17, 15) is 4.79 Å². The van der Waals surface area contributed by atoms with Gasteiger partial charge in [-0.25, -0.2) is 19.3 Å². The number of pyridine rings is 1. The van der Waals surface area contributed by atoms with Crippen molar-refractivity contribution in [2.45, 2.75) is 12.8 Å². The molecule has 8 nitrogen and oxygen atoms in total. The maximum absolute atomic E-state index is 12.1. The summed E-state index contributed by atoms with van der Waals surface area (Å²) in [5.41, 5.74) is 1.36. The van der Waals surface area contributed by atoms with Gasteiger partial charge in [-0.2, -0.15) is 4.98 Å². The topological polar surface area (TPSA) is 86.7 Å². The van der Waals surface area contributed by atoms with Crippen molar-refractivity contribution < 1.29 is 9.53 Å². The standard InChI is InChI=1S/C16H14N6O2/c23-15(12-4-7-21-11-17-10-13(21)9-12)24-8-1-3-14-19-16-18-5-2-6-22(16)20-14/h2,4-7,9-11H,1,3,8H2. The minimum absolute atomic E-state index is 0.312. The fourth-order valence-electron chi connectivity index (χ4n) is 2.41. The molecular weight excluding hydrogens is 308 g/mol. The predicted molar refractivity (Wildman–Crippen MR) is 84.6 cm³/mol. The minimum atomic E-state index is -0.344. The Bertz CT molecular complexity index is 973. The van der Waals surface area contributed by atoms with Crippen molar-refractivity contribution in [3.8, 4) is 0 Å². The number of imidazole rings is 1. The molecule has 0 aliphatic heterocycles. The number of aryl methyl sites for hydroxylation is 1. The Kier molecular flexibility index (Phi) is 3.62. The molecule has 4 aromatic rings. The smallest absolute Gasteiger partial charge is 0.338 e. The third-order valence-electron chi connectivity index (χ3n) is 3.59. The van der Waals surface area contributed by atoms with Crippen molar-refractivity contribution in [3.05, 3.63) is 60.7 Å². The van der Waals surface area contributed by atoms with Crippen LogP contribution in [-0.2, 0) is 11.2 Å². The number of nitrogens with zero attached hydrogens (tertiary/aromatic N) is 6. The number of fused-ring (bicyclic) bond motifs is 2. The predicted octanol–water partition coefficient (Wildman–Crippen LogP) is 1.56. The van der Waals surface area contributed by atoms with Crippen molar-refractivity contribution in [2.24, 2.45) is 0 Å². The lowest BCUT2D eigenvalue weighted by molar-refractivity contribution is 0.0500. The molecule has 0 N–H and O–H groups in total. The number of aromatic nitrogens is 6. The molecule has 24 heavy (non-hydrogen) atoms. The average molecular weight is 322 g/mol. The third kappa shape index (κ3) is 2.81. The van der Waals surface area contributed by atoms with E-state index in [-0.39, 0.29) is 5.97 Å². The maximum Gasteiger partial charge on any atom is 0.338 e. The van der Waals surface area contributed by atoms with E-state index >= 15 is 0 Å². The molecule has 0 saturated heterocycles. The second kappa shape index (κ2) is 6.07. The van der Waals surface area contributed by atoms with Gasteiger partial charge in [0.25, 0.3) is 5.78 Å². The molecule has 0 amide bonds. The van der Waals surface area contributed by atoms with Crippen LogP contribution in [-0.4, -0.2) is 41.5 Å². The Morgan fingerprint density at radius 2 is 2.25 bits per heavy atom. The Balaban J connectivity index is 1.32. The van der Waals surface area contributed by atoms with Crippen LogP contribution in [0.1, 0.15) is 22.6 Å². The second-order valence-electron chi connectivity index (χ2n) is 5.27. The van der Waals surface area contributed by atoms with Gasteiger partial charge < -0.3 is 9.14 Å². The highest BCUT2D eigenvalue weighted by atomic mass is 16.5. The van der Waals surface area contributed by atoms with Gasteiger partial charge >= 0.3 is 5.97 Å². The summed E-state index contributed by atoms with van der Waals surface area (Å²) in [6.45, 7) is 0.312. The highest BCUT2D eigenvalue weighted by molar-refractivity contribution is 5.90. The molecule has 0 aromatic carbocycles. The van der Waals surface area contributed by atoms with E-state index in [0.717, 1.165) is 5.52 Å². The Morgan fingerprint density at radius 1 is 1.29 bits per heavy atom. The van der Waals surface area contributed by atoms with Gasteiger partial charge in [0.2, 0.25) is 0 Å². The summed E-state index contributed by atoms with van der Waals surface area (Å²) in [6.07, 6.45) is 9.90. The molecule has 4 rings (SSSR count). The fraction of sp³-hybridized carbons (Fsp3) is 0.188. The summed E-state index contributed by atoms with van der Waals surface area (Å²) >= 11 is 0. The molecule has 0 atom stereocenters. The monoisotopic (exact) mass is 322 g/mol. The van der Waals surface area contributed by atoms with Crippen molar-refractivity contribution >= 4 is 17.3 Å². The number of rotatable bonds is 5. The van der Waals surface area contributed by atoms with E-state index in [1.54, 1.807) is 53.8 Å². The fourth-order valence-corrected chi connectivity index (χ4v) is 2.41. The van der Waals surface area contributed by atoms with E-state index < -0.39 is 0 Å². The van der Waals surface area contributed by atoms with E-state index in [2.05, 4.69) is 20.1 Å². The Morgan fingerprint density at radius 3 is 3.17 bits per heavy atom. The lowest BCUT2D eigenvalue weighted by atomic mass is 10.2. The van der Waals surface area contributed by atoms with Gasteiger partial charge in [-0.1, -0.05) is 0 Å². The molecule has 0 unspecified atom stereocenters. The zero-order chi connectivity index (χ0) is 16.4. The summed E-state index contributed by atoms with van der Waals surface area (Å²) in [5, 5.41) is 4.31. The first-order valence-electron chi connectivity index (χ1n) is 7.55. The first-order chi connectivity index (χ1) is 11.8. The number of carbonyl (C=O) groups excluding carboxylic acids is 1. The largest absolute Gasteiger partial charge is 0.462 e. The number of hydrogen-bond donors (Lipinski definition) is 0. The first kappa shape index (κ1) is 14.3. The summed E-state index contributed by atoms with van der Waals surface area (Å²) in [4.78, 5) is 24.5. The molecule has 120 valence electrons. The number of ether oxygens (including phenoxy) is 1. The van der Waals surface area contributed by atoms with Gasteiger partial charge in [-0.3, -0.25) is 0 Å². The van der Waals surface area contributed by atoms with E-state index in [1.807, 2.05) is 4.40 Å². The molecule has 0 spiro atoms. The first-order valence-corrected chi connectivity index (χ1v) is 7.55. The highest BCUT2D eigenvalue weighted by Crippen LogP contribution is 2.08. The Labute approximate surface area is 136 Å². The lowest BCUT2D eigenvalue weighted by Gasteiger charge is -2.04.